The summed E-state index contributed by atoms with van der Waals surface area (Å²) in [5, 5.41) is 1.04. The van der Waals surface area contributed by atoms with Crippen LogP contribution in [0.25, 0.3) is 0 Å². The van der Waals surface area contributed by atoms with Gasteiger partial charge in [0.05, 0.1) is 10.0 Å². The number of anilines is 2. The van der Waals surface area contributed by atoms with Gasteiger partial charge in [-0.25, -0.2) is 23.1 Å². The molecule has 1 N–H and O–H groups in total. The average Bonchev–Trinajstić information content (AvgIpc) is 2.62. The summed E-state index contributed by atoms with van der Waals surface area (Å²) in [6.07, 6.45) is 2.95. The molecule has 0 amide bonds. The van der Waals surface area contributed by atoms with E-state index >= 15 is 0 Å². The van der Waals surface area contributed by atoms with Crippen LogP contribution in [-0.4, -0.2) is 51.6 Å². The van der Waals surface area contributed by atoms with E-state index in [-0.39, 0.29) is 4.90 Å². The highest BCUT2D eigenvalue weighted by molar-refractivity contribution is 7.89. The van der Waals surface area contributed by atoms with Gasteiger partial charge in [-0.2, -0.15) is 0 Å². The quantitative estimate of drug-likeness (QED) is 0.843. The van der Waals surface area contributed by atoms with E-state index in [9.17, 15) is 8.42 Å². The van der Waals surface area contributed by atoms with Crippen molar-refractivity contribution < 1.29 is 8.42 Å². The fraction of sp³-hybridized carbons (Fsp3) is 0.333. The van der Waals surface area contributed by atoms with E-state index < -0.39 is 10.0 Å². The predicted octanol–water partition coefficient (Wildman–Crippen LogP) is 2.02. The van der Waals surface area contributed by atoms with Crippen LogP contribution in [0.15, 0.2) is 35.5 Å². The Morgan fingerprint density at radius 1 is 1.04 bits per heavy atom. The number of nitrogens with one attached hydrogen (secondary N) is 1. The van der Waals surface area contributed by atoms with E-state index in [0.29, 0.717) is 15.9 Å². The average molecular weight is 402 g/mol. The van der Waals surface area contributed by atoms with Crippen molar-refractivity contribution in [3.05, 3.63) is 40.6 Å². The Balaban J connectivity index is 1.68. The van der Waals surface area contributed by atoms with Gasteiger partial charge in [-0.05, 0) is 25.2 Å². The first kappa shape index (κ1) is 18.2. The van der Waals surface area contributed by atoms with Crippen molar-refractivity contribution in [2.75, 3.05) is 43.0 Å². The van der Waals surface area contributed by atoms with Crippen molar-refractivity contribution >= 4 is 44.9 Å². The Bertz CT molecular complexity index is 853. The Hall–Kier alpha value is -1.61. The number of nitrogens with zero attached hydrogens (tertiary/aromatic N) is 4. The molecule has 10 heteroatoms. The molecule has 7 nitrogen and oxygen atoms in total. The molecule has 0 unspecified atom stereocenters. The van der Waals surface area contributed by atoms with Crippen molar-refractivity contribution in [2.45, 2.75) is 4.90 Å². The number of hydrogen-bond donors (Lipinski definition) is 1. The van der Waals surface area contributed by atoms with Crippen LogP contribution < -0.4 is 14.5 Å². The summed E-state index contributed by atoms with van der Waals surface area (Å²) in [7, 11) is -2.10. The maximum Gasteiger partial charge on any atom is 0.241 e. The minimum Gasteiger partial charge on any atom is -0.353 e. The fourth-order valence-electron chi connectivity index (χ4n) is 2.62. The molecule has 0 aliphatic carbocycles. The van der Waals surface area contributed by atoms with Crippen LogP contribution in [0.5, 0.6) is 0 Å². The van der Waals surface area contributed by atoms with Gasteiger partial charge in [0.1, 0.15) is 16.5 Å². The monoisotopic (exact) mass is 401 g/mol. The van der Waals surface area contributed by atoms with E-state index in [0.717, 1.165) is 32.0 Å². The number of rotatable bonds is 4. The van der Waals surface area contributed by atoms with Crippen LogP contribution in [0.3, 0.4) is 0 Å². The zero-order valence-corrected chi connectivity index (χ0v) is 15.8. The highest BCUT2D eigenvalue weighted by Gasteiger charge is 2.21. The Labute approximate surface area is 156 Å². The van der Waals surface area contributed by atoms with Crippen LogP contribution in [0.2, 0.25) is 10.0 Å². The molecule has 1 fully saturated rings. The Kier molecular flexibility index (Phi) is 5.33. The first-order chi connectivity index (χ1) is 11.9. The Morgan fingerprint density at radius 2 is 1.72 bits per heavy atom. The molecule has 2 aromatic rings. The number of aromatic nitrogens is 2. The van der Waals surface area contributed by atoms with Crippen LogP contribution in [0, 0.1) is 0 Å². The van der Waals surface area contributed by atoms with Crippen LogP contribution in [0.4, 0.5) is 11.6 Å². The van der Waals surface area contributed by atoms with Crippen molar-refractivity contribution in [3.63, 3.8) is 0 Å². The molecule has 1 aliphatic rings. The standard InChI is InChI=1S/C15H17Cl2N5O2S/c1-18-25(23,24)12-2-3-14(19-10-12)21-4-6-22(7-5-21)15-13(17)8-11(16)9-20-15/h2-3,8-10,18H,4-7H2,1H3. The molecule has 1 saturated heterocycles. The summed E-state index contributed by atoms with van der Waals surface area (Å²) in [6.45, 7) is 2.91. The smallest absolute Gasteiger partial charge is 0.241 e. The van der Waals surface area contributed by atoms with E-state index in [1.807, 2.05) is 0 Å². The molecule has 0 saturated carbocycles. The summed E-state index contributed by atoms with van der Waals surface area (Å²) in [5.41, 5.74) is 0. The predicted molar refractivity (Wildman–Crippen MR) is 99.2 cm³/mol. The third kappa shape index (κ3) is 3.98. The SMILES string of the molecule is CNS(=O)(=O)c1ccc(N2CCN(c3ncc(Cl)cc3Cl)CC2)nc1. The van der Waals surface area contributed by atoms with Gasteiger partial charge in [-0.3, -0.25) is 0 Å². The number of halogens is 2. The van der Waals surface area contributed by atoms with E-state index in [1.165, 1.54) is 13.2 Å². The lowest BCUT2D eigenvalue weighted by atomic mass is 10.3. The topological polar surface area (TPSA) is 78.4 Å². The first-order valence-corrected chi connectivity index (χ1v) is 9.85. The maximum absolute atomic E-state index is 11.7. The third-order valence-electron chi connectivity index (χ3n) is 3.99. The highest BCUT2D eigenvalue weighted by atomic mass is 35.5. The molecular formula is C15H17Cl2N5O2S. The van der Waals surface area contributed by atoms with Gasteiger partial charge in [0, 0.05) is 38.6 Å². The van der Waals surface area contributed by atoms with Gasteiger partial charge >= 0.3 is 0 Å². The Morgan fingerprint density at radius 3 is 2.28 bits per heavy atom. The molecule has 0 bridgehead atoms. The zero-order valence-electron chi connectivity index (χ0n) is 13.5. The fourth-order valence-corrected chi connectivity index (χ4v) is 3.80. The highest BCUT2D eigenvalue weighted by Crippen LogP contribution is 2.27. The zero-order chi connectivity index (χ0) is 18.0. The van der Waals surface area contributed by atoms with E-state index in [4.69, 9.17) is 23.2 Å². The van der Waals surface area contributed by atoms with Gasteiger partial charge in [-0.1, -0.05) is 23.2 Å². The van der Waals surface area contributed by atoms with Crippen LogP contribution >= 0.6 is 23.2 Å². The number of hydrogen-bond acceptors (Lipinski definition) is 6. The van der Waals surface area contributed by atoms with Gasteiger partial charge in [0.25, 0.3) is 0 Å². The van der Waals surface area contributed by atoms with Crippen molar-refractivity contribution in [1.82, 2.24) is 14.7 Å². The molecule has 0 spiro atoms. The van der Waals surface area contributed by atoms with Gasteiger partial charge in [-0.15, -0.1) is 0 Å². The van der Waals surface area contributed by atoms with Gasteiger partial charge < -0.3 is 9.80 Å². The summed E-state index contributed by atoms with van der Waals surface area (Å²) in [5.74, 6) is 1.46. The molecular weight excluding hydrogens is 385 g/mol. The second kappa shape index (κ2) is 7.33. The lowest BCUT2D eigenvalue weighted by Crippen LogP contribution is -2.47. The second-order valence-corrected chi connectivity index (χ2v) is 8.22. The third-order valence-corrected chi connectivity index (χ3v) is 5.88. The van der Waals surface area contributed by atoms with Crippen molar-refractivity contribution in [3.8, 4) is 0 Å². The molecule has 2 aromatic heterocycles. The van der Waals surface area contributed by atoms with Gasteiger partial charge in [0.2, 0.25) is 10.0 Å². The number of sulfonamides is 1. The van der Waals surface area contributed by atoms with E-state index in [1.54, 1.807) is 24.4 Å². The second-order valence-electron chi connectivity index (χ2n) is 5.49. The summed E-state index contributed by atoms with van der Waals surface area (Å²) >= 11 is 12.1. The largest absolute Gasteiger partial charge is 0.353 e. The molecule has 0 radical (unpaired) electrons. The molecule has 3 heterocycles. The molecule has 0 aromatic carbocycles. The van der Waals surface area contributed by atoms with E-state index in [2.05, 4.69) is 24.5 Å². The molecule has 25 heavy (non-hydrogen) atoms. The summed E-state index contributed by atoms with van der Waals surface area (Å²) < 4.78 is 25.8. The number of pyridine rings is 2. The van der Waals surface area contributed by atoms with Crippen LogP contribution in [0.1, 0.15) is 0 Å². The number of piperazine rings is 1. The summed E-state index contributed by atoms with van der Waals surface area (Å²) in [4.78, 5) is 12.9. The minimum absolute atomic E-state index is 0.148. The minimum atomic E-state index is -3.47. The van der Waals surface area contributed by atoms with Gasteiger partial charge in [0.15, 0.2) is 0 Å². The maximum atomic E-state index is 11.7. The molecule has 134 valence electrons. The van der Waals surface area contributed by atoms with Crippen molar-refractivity contribution in [2.24, 2.45) is 0 Å². The lowest BCUT2D eigenvalue weighted by molar-refractivity contribution is 0.587. The molecule has 0 atom stereocenters. The molecule has 1 aliphatic heterocycles. The molecule has 3 rings (SSSR count). The summed E-state index contributed by atoms with van der Waals surface area (Å²) in [6, 6.07) is 4.95. The lowest BCUT2D eigenvalue weighted by Gasteiger charge is -2.36. The normalized spacial score (nSPS) is 15.5. The first-order valence-electron chi connectivity index (χ1n) is 7.61. The van der Waals surface area contributed by atoms with Crippen molar-refractivity contribution in [1.29, 1.82) is 0 Å². The van der Waals surface area contributed by atoms with Crippen LogP contribution in [-0.2, 0) is 10.0 Å².